The van der Waals surface area contributed by atoms with E-state index < -0.39 is 11.4 Å². The first-order valence-electron chi connectivity index (χ1n) is 9.46. The summed E-state index contributed by atoms with van der Waals surface area (Å²) in [6, 6.07) is 16.9. The predicted octanol–water partition coefficient (Wildman–Crippen LogP) is 3.89. The molecule has 0 saturated carbocycles. The number of rotatable bonds is 3. The minimum atomic E-state index is -0.720. The van der Waals surface area contributed by atoms with E-state index in [9.17, 15) is 19.7 Å². The molecule has 0 radical (unpaired) electrons. The second kappa shape index (κ2) is 7.35. The number of fused-ring (bicyclic) bond motifs is 2. The third kappa shape index (κ3) is 2.77. The van der Waals surface area contributed by atoms with E-state index in [0.29, 0.717) is 22.3 Å². The van der Waals surface area contributed by atoms with Crippen LogP contribution in [0.3, 0.4) is 0 Å². The minimum Gasteiger partial charge on any atom is -0.345 e. The molecule has 0 spiro atoms. The van der Waals surface area contributed by atoms with E-state index in [1.165, 1.54) is 35.3 Å². The second-order valence-corrected chi connectivity index (χ2v) is 6.86. The molecular weight excluding hydrogens is 409 g/mol. The van der Waals surface area contributed by atoms with Crippen LogP contribution in [0.5, 0.6) is 0 Å². The molecule has 5 aromatic rings. The van der Waals surface area contributed by atoms with Gasteiger partial charge in [0.05, 0.1) is 22.0 Å². The number of para-hydroxylation sites is 1. The first-order valence-corrected chi connectivity index (χ1v) is 9.46. The quantitative estimate of drug-likeness (QED) is 0.456. The van der Waals surface area contributed by atoms with Crippen molar-refractivity contribution < 1.29 is 4.39 Å². The van der Waals surface area contributed by atoms with Crippen LogP contribution in [0.1, 0.15) is 11.1 Å². The zero-order chi connectivity index (χ0) is 22.2. The largest absolute Gasteiger partial charge is 0.345 e. The van der Waals surface area contributed by atoms with Crippen molar-refractivity contribution in [3.8, 4) is 17.8 Å². The number of benzene rings is 2. The van der Waals surface area contributed by atoms with Gasteiger partial charge in [0, 0.05) is 11.6 Å². The summed E-state index contributed by atoms with van der Waals surface area (Å²) in [4.78, 5) is 24.7. The molecule has 2 N–H and O–H groups in total. The lowest BCUT2D eigenvalue weighted by Gasteiger charge is -2.18. The van der Waals surface area contributed by atoms with Crippen molar-refractivity contribution in [3.05, 3.63) is 88.4 Å². The normalized spacial score (nSPS) is 10.7. The third-order valence-corrected chi connectivity index (χ3v) is 5.11. The Balaban J connectivity index is 1.90. The summed E-state index contributed by atoms with van der Waals surface area (Å²) in [5.74, 6) is -0.391. The second-order valence-electron chi connectivity index (χ2n) is 6.86. The van der Waals surface area contributed by atoms with Crippen LogP contribution >= 0.6 is 0 Å². The van der Waals surface area contributed by atoms with Crippen LogP contribution in [0.25, 0.3) is 27.5 Å². The van der Waals surface area contributed by atoms with E-state index >= 15 is 0 Å². The number of aromatic amines is 1. The Morgan fingerprint density at radius 3 is 2.56 bits per heavy atom. The SMILES string of the molecule is N#Cc1c(Nc2ncnc3[nH]cc(C#N)c23)n(-c2ccccc2)c(=O)c2c(F)cccc12. The summed E-state index contributed by atoms with van der Waals surface area (Å²) in [5.41, 5.74) is 0.566. The fourth-order valence-electron chi connectivity index (χ4n) is 3.72. The topological polar surface area (TPSA) is 123 Å². The van der Waals surface area contributed by atoms with Crippen molar-refractivity contribution in [1.29, 1.82) is 10.5 Å². The Morgan fingerprint density at radius 1 is 1.00 bits per heavy atom. The summed E-state index contributed by atoms with van der Waals surface area (Å²) in [6.07, 6.45) is 2.79. The number of hydrogen-bond acceptors (Lipinski definition) is 6. The Hall–Kier alpha value is -5.02. The highest BCUT2D eigenvalue weighted by Gasteiger charge is 2.22. The van der Waals surface area contributed by atoms with Gasteiger partial charge in [0.15, 0.2) is 0 Å². The predicted molar refractivity (Wildman–Crippen MR) is 116 cm³/mol. The minimum absolute atomic E-state index is 0.0590. The summed E-state index contributed by atoms with van der Waals surface area (Å²) in [5, 5.41) is 22.9. The lowest BCUT2D eigenvalue weighted by Crippen LogP contribution is -2.23. The number of aromatic nitrogens is 4. The summed E-state index contributed by atoms with van der Waals surface area (Å²) in [7, 11) is 0. The highest BCUT2D eigenvalue weighted by atomic mass is 19.1. The van der Waals surface area contributed by atoms with Gasteiger partial charge in [-0.25, -0.2) is 14.4 Å². The van der Waals surface area contributed by atoms with Gasteiger partial charge in [-0.1, -0.05) is 30.3 Å². The van der Waals surface area contributed by atoms with E-state index in [0.717, 1.165) is 0 Å². The molecule has 0 bridgehead atoms. The van der Waals surface area contributed by atoms with Gasteiger partial charge in [0.25, 0.3) is 5.56 Å². The molecule has 0 fully saturated rings. The molecule has 9 heteroatoms. The van der Waals surface area contributed by atoms with Gasteiger partial charge in [-0.05, 0) is 18.2 Å². The Kier molecular flexibility index (Phi) is 4.36. The first kappa shape index (κ1) is 19.0. The lowest BCUT2D eigenvalue weighted by atomic mass is 10.1. The third-order valence-electron chi connectivity index (χ3n) is 5.11. The van der Waals surface area contributed by atoms with Gasteiger partial charge < -0.3 is 10.3 Å². The van der Waals surface area contributed by atoms with Crippen LogP contribution in [0, 0.1) is 28.5 Å². The number of nitrogens with zero attached hydrogens (tertiary/aromatic N) is 5. The van der Waals surface area contributed by atoms with E-state index in [4.69, 9.17) is 0 Å². The van der Waals surface area contributed by atoms with Crippen LogP contribution in [-0.4, -0.2) is 19.5 Å². The fourth-order valence-corrected chi connectivity index (χ4v) is 3.72. The molecule has 0 aliphatic rings. The van der Waals surface area contributed by atoms with Gasteiger partial charge in [-0.3, -0.25) is 9.36 Å². The molecule has 5 rings (SSSR count). The average Bonchev–Trinajstić information content (AvgIpc) is 3.24. The Labute approximate surface area is 179 Å². The average molecular weight is 421 g/mol. The van der Waals surface area contributed by atoms with Crippen LogP contribution < -0.4 is 10.9 Å². The van der Waals surface area contributed by atoms with Gasteiger partial charge in [-0.15, -0.1) is 0 Å². The molecule has 152 valence electrons. The highest BCUT2D eigenvalue weighted by molar-refractivity contribution is 5.97. The number of hydrogen-bond donors (Lipinski definition) is 2. The first-order chi connectivity index (χ1) is 15.6. The van der Waals surface area contributed by atoms with Crippen LogP contribution in [0.2, 0.25) is 0 Å². The Morgan fingerprint density at radius 2 is 1.81 bits per heavy atom. The number of H-pyrrole nitrogens is 1. The Bertz CT molecular complexity index is 1660. The van der Waals surface area contributed by atoms with E-state index in [2.05, 4.69) is 32.4 Å². The molecule has 0 saturated heterocycles. The molecule has 8 nitrogen and oxygen atoms in total. The van der Waals surface area contributed by atoms with Gasteiger partial charge in [0.2, 0.25) is 0 Å². The molecule has 0 aliphatic carbocycles. The summed E-state index contributed by atoms with van der Waals surface area (Å²) < 4.78 is 15.9. The molecule has 0 atom stereocenters. The molecule has 0 amide bonds. The molecule has 3 aromatic heterocycles. The fraction of sp³-hybridized carbons (Fsp3) is 0. The number of nitriles is 2. The van der Waals surface area contributed by atoms with Gasteiger partial charge in [0.1, 0.15) is 47.1 Å². The molecule has 2 aromatic carbocycles. The summed E-state index contributed by atoms with van der Waals surface area (Å²) >= 11 is 0. The van der Waals surface area contributed by atoms with Crippen LogP contribution in [0.15, 0.2) is 65.8 Å². The van der Waals surface area contributed by atoms with E-state index in [1.807, 2.05) is 0 Å². The monoisotopic (exact) mass is 421 g/mol. The maximum absolute atomic E-state index is 14.7. The zero-order valence-corrected chi connectivity index (χ0v) is 16.3. The van der Waals surface area contributed by atoms with E-state index in [-0.39, 0.29) is 28.0 Å². The van der Waals surface area contributed by atoms with Crippen LogP contribution in [-0.2, 0) is 0 Å². The van der Waals surface area contributed by atoms with E-state index in [1.54, 1.807) is 30.3 Å². The lowest BCUT2D eigenvalue weighted by molar-refractivity contribution is 0.638. The number of halogens is 1. The maximum Gasteiger partial charge on any atom is 0.267 e. The van der Waals surface area contributed by atoms with Crippen molar-refractivity contribution in [3.63, 3.8) is 0 Å². The van der Waals surface area contributed by atoms with Gasteiger partial charge in [-0.2, -0.15) is 10.5 Å². The van der Waals surface area contributed by atoms with Crippen molar-refractivity contribution in [2.45, 2.75) is 0 Å². The standard InChI is InChI=1S/C23H12FN7O/c24-17-8-4-7-15-16(10-26)22(31(23(32)19(15)17)14-5-2-1-3-6-14)30-21-18-13(9-25)11-27-20(18)28-12-29-21/h1-8,11-12H,(H2,27,28,29,30). The number of anilines is 2. The smallest absolute Gasteiger partial charge is 0.267 e. The van der Waals surface area contributed by atoms with Crippen molar-refractivity contribution >= 4 is 33.4 Å². The number of pyridine rings is 1. The molecule has 0 aliphatic heterocycles. The van der Waals surface area contributed by atoms with Gasteiger partial charge >= 0.3 is 0 Å². The van der Waals surface area contributed by atoms with Crippen molar-refractivity contribution in [2.75, 3.05) is 5.32 Å². The summed E-state index contributed by atoms with van der Waals surface area (Å²) in [6.45, 7) is 0. The maximum atomic E-state index is 14.7. The van der Waals surface area contributed by atoms with Crippen molar-refractivity contribution in [1.82, 2.24) is 19.5 Å². The number of nitrogens with one attached hydrogen (secondary N) is 2. The van der Waals surface area contributed by atoms with Crippen molar-refractivity contribution in [2.24, 2.45) is 0 Å². The molecule has 3 heterocycles. The molecule has 0 unspecified atom stereocenters. The zero-order valence-electron chi connectivity index (χ0n) is 16.3. The molecule has 32 heavy (non-hydrogen) atoms. The highest BCUT2D eigenvalue weighted by Crippen LogP contribution is 2.31. The van der Waals surface area contributed by atoms with Crippen LogP contribution in [0.4, 0.5) is 16.0 Å². The molecular formula is C23H12FN7O.